The third kappa shape index (κ3) is 3.13. The number of rotatable bonds is 5. The molecule has 1 aromatic carbocycles. The third-order valence-corrected chi connectivity index (χ3v) is 4.06. The molecule has 0 saturated heterocycles. The number of hydrogen-bond donors (Lipinski definition) is 4. The zero-order valence-corrected chi connectivity index (χ0v) is 13.9. The summed E-state index contributed by atoms with van der Waals surface area (Å²) in [5.41, 5.74) is 7.81. The predicted molar refractivity (Wildman–Crippen MR) is 90.0 cm³/mol. The summed E-state index contributed by atoms with van der Waals surface area (Å²) in [6, 6.07) is 2.92. The third-order valence-electron chi connectivity index (χ3n) is 4.06. The van der Waals surface area contributed by atoms with E-state index in [4.69, 9.17) is 15.2 Å². The van der Waals surface area contributed by atoms with Gasteiger partial charge >= 0.3 is 0 Å². The SMILES string of the molecule is COc1cc(NC(=O)c2n[nH]c3c2CNCC3)c(C(N)=O)cc1OC. The first-order chi connectivity index (χ1) is 12.0. The van der Waals surface area contributed by atoms with Crippen LogP contribution in [0.3, 0.4) is 0 Å². The van der Waals surface area contributed by atoms with Crippen LogP contribution >= 0.6 is 0 Å². The average Bonchev–Trinajstić information content (AvgIpc) is 3.05. The molecule has 0 fully saturated rings. The monoisotopic (exact) mass is 345 g/mol. The molecule has 0 radical (unpaired) electrons. The van der Waals surface area contributed by atoms with E-state index in [0.29, 0.717) is 18.0 Å². The minimum Gasteiger partial charge on any atom is -0.493 e. The van der Waals surface area contributed by atoms with Gasteiger partial charge in [-0.05, 0) is 6.07 Å². The smallest absolute Gasteiger partial charge is 0.276 e. The number of hydrogen-bond acceptors (Lipinski definition) is 6. The quantitative estimate of drug-likeness (QED) is 0.621. The Balaban J connectivity index is 1.95. The number of nitrogens with zero attached hydrogens (tertiary/aromatic N) is 1. The molecule has 2 aromatic rings. The van der Waals surface area contributed by atoms with E-state index >= 15 is 0 Å². The van der Waals surface area contributed by atoms with Crippen LogP contribution in [0.2, 0.25) is 0 Å². The minimum atomic E-state index is -0.693. The Bertz CT molecular complexity index is 830. The van der Waals surface area contributed by atoms with Crippen molar-refractivity contribution in [3.05, 3.63) is 34.6 Å². The van der Waals surface area contributed by atoms with E-state index in [-0.39, 0.29) is 16.9 Å². The normalized spacial score (nSPS) is 13.0. The number of nitrogens with one attached hydrogen (secondary N) is 3. The Labute approximate surface area is 143 Å². The van der Waals surface area contributed by atoms with Gasteiger partial charge in [-0.2, -0.15) is 5.10 Å². The van der Waals surface area contributed by atoms with E-state index in [9.17, 15) is 9.59 Å². The maximum absolute atomic E-state index is 12.6. The topological polar surface area (TPSA) is 131 Å². The average molecular weight is 345 g/mol. The van der Waals surface area contributed by atoms with Crippen molar-refractivity contribution in [3.8, 4) is 11.5 Å². The number of amides is 2. The minimum absolute atomic E-state index is 0.119. The number of carbonyl (C=O) groups excluding carboxylic acids is 2. The predicted octanol–water partition coefficient (Wildman–Crippen LogP) is 0.424. The highest BCUT2D eigenvalue weighted by atomic mass is 16.5. The molecule has 132 valence electrons. The fraction of sp³-hybridized carbons (Fsp3) is 0.312. The number of fused-ring (bicyclic) bond motifs is 1. The van der Waals surface area contributed by atoms with Gasteiger partial charge in [0.25, 0.3) is 11.8 Å². The van der Waals surface area contributed by atoms with Crippen molar-refractivity contribution >= 4 is 17.5 Å². The second-order valence-corrected chi connectivity index (χ2v) is 5.53. The lowest BCUT2D eigenvalue weighted by Gasteiger charge is -2.15. The summed E-state index contributed by atoms with van der Waals surface area (Å²) in [7, 11) is 2.91. The summed E-state index contributed by atoms with van der Waals surface area (Å²) < 4.78 is 10.4. The van der Waals surface area contributed by atoms with Crippen LogP contribution in [0.5, 0.6) is 11.5 Å². The largest absolute Gasteiger partial charge is 0.493 e. The molecule has 1 aromatic heterocycles. The molecule has 5 N–H and O–H groups in total. The lowest BCUT2D eigenvalue weighted by molar-refractivity contribution is 0.100. The van der Waals surface area contributed by atoms with Crippen molar-refractivity contribution in [1.29, 1.82) is 0 Å². The highest BCUT2D eigenvalue weighted by Crippen LogP contribution is 2.33. The Hall–Kier alpha value is -3.07. The number of ether oxygens (including phenoxy) is 2. The van der Waals surface area contributed by atoms with Gasteiger partial charge in [-0.25, -0.2) is 0 Å². The number of anilines is 1. The number of aromatic nitrogens is 2. The molecule has 3 rings (SSSR count). The first-order valence-corrected chi connectivity index (χ1v) is 7.69. The Kier molecular flexibility index (Phi) is 4.57. The second-order valence-electron chi connectivity index (χ2n) is 5.53. The van der Waals surface area contributed by atoms with E-state index < -0.39 is 11.8 Å². The maximum atomic E-state index is 12.6. The second kappa shape index (κ2) is 6.81. The van der Waals surface area contributed by atoms with E-state index in [0.717, 1.165) is 24.2 Å². The number of methoxy groups -OCH3 is 2. The molecule has 0 spiro atoms. The zero-order chi connectivity index (χ0) is 18.0. The van der Waals surface area contributed by atoms with Crippen LogP contribution in [0.15, 0.2) is 12.1 Å². The highest BCUT2D eigenvalue weighted by molar-refractivity contribution is 6.09. The molecule has 2 amide bonds. The first-order valence-electron chi connectivity index (χ1n) is 7.69. The summed E-state index contributed by atoms with van der Waals surface area (Å²) in [6.07, 6.45) is 0.776. The maximum Gasteiger partial charge on any atom is 0.276 e. The first kappa shape index (κ1) is 16.8. The van der Waals surface area contributed by atoms with Gasteiger partial charge in [0.05, 0.1) is 25.5 Å². The fourth-order valence-electron chi connectivity index (χ4n) is 2.78. The van der Waals surface area contributed by atoms with Gasteiger partial charge < -0.3 is 25.8 Å². The molecule has 0 saturated carbocycles. The summed E-state index contributed by atoms with van der Waals surface area (Å²) >= 11 is 0. The molecule has 9 heteroatoms. The van der Waals surface area contributed by atoms with E-state index in [2.05, 4.69) is 20.8 Å². The molecule has 0 bridgehead atoms. The Morgan fingerprint density at radius 2 is 1.96 bits per heavy atom. The number of nitrogens with two attached hydrogens (primary N) is 1. The van der Waals surface area contributed by atoms with Gasteiger partial charge in [-0.15, -0.1) is 0 Å². The number of aromatic amines is 1. The molecule has 2 heterocycles. The van der Waals surface area contributed by atoms with Crippen LogP contribution in [-0.4, -0.2) is 42.8 Å². The van der Waals surface area contributed by atoms with Gasteiger partial charge in [0.1, 0.15) is 0 Å². The van der Waals surface area contributed by atoms with Gasteiger partial charge in [-0.1, -0.05) is 0 Å². The molecule has 0 unspecified atom stereocenters. The number of benzene rings is 1. The van der Waals surface area contributed by atoms with E-state index in [1.54, 1.807) is 0 Å². The van der Waals surface area contributed by atoms with Gasteiger partial charge in [0.15, 0.2) is 17.2 Å². The fourth-order valence-corrected chi connectivity index (χ4v) is 2.78. The highest BCUT2D eigenvalue weighted by Gasteiger charge is 2.23. The summed E-state index contributed by atoms with van der Waals surface area (Å²) in [6.45, 7) is 1.39. The molecule has 9 nitrogen and oxygen atoms in total. The van der Waals surface area contributed by atoms with Crippen molar-refractivity contribution in [2.24, 2.45) is 5.73 Å². The summed E-state index contributed by atoms with van der Waals surface area (Å²) in [5, 5.41) is 12.9. The van der Waals surface area contributed by atoms with Crippen molar-refractivity contribution in [3.63, 3.8) is 0 Å². The molecular formula is C16H19N5O4. The molecule has 1 aliphatic rings. The molecule has 0 aliphatic carbocycles. The lowest BCUT2D eigenvalue weighted by atomic mass is 10.1. The van der Waals surface area contributed by atoms with Crippen LogP contribution in [0.1, 0.15) is 32.1 Å². The van der Waals surface area contributed by atoms with Crippen molar-refractivity contribution < 1.29 is 19.1 Å². The van der Waals surface area contributed by atoms with Gasteiger partial charge in [-0.3, -0.25) is 14.7 Å². The summed E-state index contributed by atoms with van der Waals surface area (Å²) in [4.78, 5) is 24.4. The number of primary amides is 1. The summed E-state index contributed by atoms with van der Waals surface area (Å²) in [5.74, 6) is -0.415. The molecular weight excluding hydrogens is 326 g/mol. The van der Waals surface area contributed by atoms with E-state index in [1.165, 1.54) is 26.4 Å². The molecule has 1 aliphatic heterocycles. The number of H-pyrrole nitrogens is 1. The molecule has 25 heavy (non-hydrogen) atoms. The van der Waals surface area contributed by atoms with Gasteiger partial charge in [0, 0.05) is 36.8 Å². The van der Waals surface area contributed by atoms with Gasteiger partial charge in [0.2, 0.25) is 0 Å². The van der Waals surface area contributed by atoms with Crippen LogP contribution < -0.4 is 25.8 Å². The Morgan fingerprint density at radius 1 is 1.24 bits per heavy atom. The van der Waals surface area contributed by atoms with Crippen LogP contribution in [-0.2, 0) is 13.0 Å². The number of carbonyl (C=O) groups is 2. The Morgan fingerprint density at radius 3 is 2.64 bits per heavy atom. The molecule has 0 atom stereocenters. The standard InChI is InChI=1S/C16H19N5O4/c1-24-12-5-8(15(17)22)11(6-13(12)25-2)19-16(23)14-9-7-18-4-3-10(9)20-21-14/h5-6,18H,3-4,7H2,1-2H3,(H2,17,22)(H,19,23)(H,20,21). The van der Waals surface area contributed by atoms with Crippen molar-refractivity contribution in [2.45, 2.75) is 13.0 Å². The van der Waals surface area contributed by atoms with Crippen LogP contribution in [0.4, 0.5) is 5.69 Å². The lowest BCUT2D eigenvalue weighted by Crippen LogP contribution is -2.26. The zero-order valence-electron chi connectivity index (χ0n) is 13.9. The van der Waals surface area contributed by atoms with Crippen LogP contribution in [0.25, 0.3) is 0 Å². The van der Waals surface area contributed by atoms with Crippen molar-refractivity contribution in [1.82, 2.24) is 15.5 Å². The van der Waals surface area contributed by atoms with Crippen molar-refractivity contribution in [2.75, 3.05) is 26.1 Å². The van der Waals surface area contributed by atoms with E-state index in [1.807, 2.05) is 0 Å². The van der Waals surface area contributed by atoms with Crippen LogP contribution in [0, 0.1) is 0 Å².